The molecule has 136 valence electrons. The molecule has 0 aliphatic rings. The molecule has 3 rings (SSSR count). The third kappa shape index (κ3) is 3.84. The van der Waals surface area contributed by atoms with Gasteiger partial charge in [0, 0.05) is 17.0 Å². The summed E-state index contributed by atoms with van der Waals surface area (Å²) in [6.07, 6.45) is 3.35. The highest BCUT2D eigenvalue weighted by atomic mass is 16.6. The highest BCUT2D eigenvalue weighted by Gasteiger charge is 2.16. The number of para-hydroxylation sites is 1. The van der Waals surface area contributed by atoms with Gasteiger partial charge in [0.05, 0.1) is 21.7 Å². The first-order valence-electron chi connectivity index (χ1n) is 8.46. The number of carboxylic acids is 1. The van der Waals surface area contributed by atoms with Crippen LogP contribution in [0.5, 0.6) is 0 Å². The number of hydrogen-bond donors (Lipinski definition) is 1. The summed E-state index contributed by atoms with van der Waals surface area (Å²) >= 11 is 0. The van der Waals surface area contributed by atoms with Crippen LogP contribution in [0, 0.1) is 10.1 Å². The fourth-order valence-electron chi connectivity index (χ4n) is 2.95. The van der Waals surface area contributed by atoms with Gasteiger partial charge in [0.15, 0.2) is 0 Å². The maximum absolute atomic E-state index is 11.5. The predicted octanol–water partition coefficient (Wildman–Crippen LogP) is 5.14. The van der Waals surface area contributed by atoms with Crippen LogP contribution < -0.4 is 0 Å². The lowest BCUT2D eigenvalue weighted by atomic mass is 9.99. The molecule has 0 spiro atoms. The molecular weight excluding hydrogens is 344 g/mol. The second-order valence-corrected chi connectivity index (χ2v) is 6.48. The highest BCUT2D eigenvalue weighted by Crippen LogP contribution is 2.28. The standard InChI is InChI=1S/C21H18N2O4/c1-13(2)16-10-8-14(11-20(16)23(26)27)7-9-15-12-18(21(24)25)17-5-3-4-6-19(17)22-15/h3-13H,1-2H3,(H,24,25)/b9-7+. The van der Waals surface area contributed by atoms with E-state index in [4.69, 9.17) is 0 Å². The Bertz CT molecular complexity index is 1070. The first-order chi connectivity index (χ1) is 12.9. The van der Waals surface area contributed by atoms with E-state index in [-0.39, 0.29) is 22.1 Å². The quantitative estimate of drug-likeness (QED) is 0.501. The van der Waals surface area contributed by atoms with Crippen molar-refractivity contribution in [3.63, 3.8) is 0 Å². The fourth-order valence-corrected chi connectivity index (χ4v) is 2.95. The molecule has 6 nitrogen and oxygen atoms in total. The average Bonchev–Trinajstić information content (AvgIpc) is 2.65. The van der Waals surface area contributed by atoms with E-state index in [1.54, 1.807) is 48.6 Å². The van der Waals surface area contributed by atoms with E-state index in [1.807, 2.05) is 13.8 Å². The zero-order valence-electron chi connectivity index (χ0n) is 14.9. The molecule has 0 radical (unpaired) electrons. The molecular formula is C21H18N2O4. The van der Waals surface area contributed by atoms with E-state index in [2.05, 4.69) is 4.98 Å². The lowest BCUT2D eigenvalue weighted by Gasteiger charge is -2.07. The first-order valence-corrected chi connectivity index (χ1v) is 8.46. The summed E-state index contributed by atoms with van der Waals surface area (Å²) in [5, 5.41) is 21.3. The van der Waals surface area contributed by atoms with E-state index in [1.165, 1.54) is 12.1 Å². The van der Waals surface area contributed by atoms with Crippen molar-refractivity contribution in [2.45, 2.75) is 19.8 Å². The predicted molar refractivity (Wildman–Crippen MR) is 105 cm³/mol. The summed E-state index contributed by atoms with van der Waals surface area (Å²) in [6.45, 7) is 3.81. The SMILES string of the molecule is CC(C)c1ccc(/C=C/c2cc(C(=O)O)c3ccccc3n2)cc1[N+](=O)[O-]. The molecule has 0 aliphatic carbocycles. The van der Waals surface area contributed by atoms with Crippen LogP contribution in [0.3, 0.4) is 0 Å². The molecule has 1 aromatic heterocycles. The number of fused-ring (bicyclic) bond motifs is 1. The van der Waals surface area contributed by atoms with Gasteiger partial charge in [-0.3, -0.25) is 10.1 Å². The van der Waals surface area contributed by atoms with Crippen LogP contribution in [0.15, 0.2) is 48.5 Å². The van der Waals surface area contributed by atoms with Crippen molar-refractivity contribution in [2.24, 2.45) is 0 Å². The maximum Gasteiger partial charge on any atom is 0.336 e. The Labute approximate surface area is 155 Å². The molecule has 0 unspecified atom stereocenters. The number of nitrogens with zero attached hydrogens (tertiary/aromatic N) is 2. The van der Waals surface area contributed by atoms with Gasteiger partial charge in [-0.15, -0.1) is 0 Å². The van der Waals surface area contributed by atoms with Gasteiger partial charge < -0.3 is 5.11 Å². The van der Waals surface area contributed by atoms with Crippen LogP contribution in [0.25, 0.3) is 23.1 Å². The molecule has 27 heavy (non-hydrogen) atoms. The normalized spacial score (nSPS) is 11.4. The number of nitro groups is 1. The lowest BCUT2D eigenvalue weighted by molar-refractivity contribution is -0.385. The van der Waals surface area contributed by atoms with Gasteiger partial charge in [-0.2, -0.15) is 0 Å². The summed E-state index contributed by atoms with van der Waals surface area (Å²) in [4.78, 5) is 26.9. The minimum Gasteiger partial charge on any atom is -0.478 e. The molecule has 0 aliphatic heterocycles. The third-order valence-corrected chi connectivity index (χ3v) is 4.29. The number of aromatic nitrogens is 1. The second kappa shape index (κ2) is 7.37. The van der Waals surface area contributed by atoms with E-state index in [0.29, 0.717) is 27.7 Å². The molecule has 3 aromatic rings. The molecule has 0 atom stereocenters. The fraction of sp³-hybridized carbons (Fsp3) is 0.143. The van der Waals surface area contributed by atoms with Crippen LogP contribution in [0.1, 0.15) is 46.9 Å². The molecule has 0 fully saturated rings. The Balaban J connectivity index is 2.02. The smallest absolute Gasteiger partial charge is 0.336 e. The van der Waals surface area contributed by atoms with Crippen molar-refractivity contribution >= 4 is 34.7 Å². The Morgan fingerprint density at radius 1 is 1.15 bits per heavy atom. The molecule has 6 heteroatoms. The Morgan fingerprint density at radius 3 is 2.56 bits per heavy atom. The van der Waals surface area contributed by atoms with E-state index in [0.717, 1.165) is 0 Å². The third-order valence-electron chi connectivity index (χ3n) is 4.29. The van der Waals surface area contributed by atoms with E-state index in [9.17, 15) is 20.0 Å². The number of benzene rings is 2. The van der Waals surface area contributed by atoms with Crippen molar-refractivity contribution in [3.8, 4) is 0 Å². The minimum atomic E-state index is -1.03. The summed E-state index contributed by atoms with van der Waals surface area (Å²) in [5.74, 6) is -0.983. The van der Waals surface area contributed by atoms with Crippen LogP contribution in [-0.4, -0.2) is 21.0 Å². The Morgan fingerprint density at radius 2 is 1.89 bits per heavy atom. The molecule has 1 N–H and O–H groups in total. The Hall–Kier alpha value is -3.54. The number of carboxylic acid groups (broad SMARTS) is 1. The number of hydrogen-bond acceptors (Lipinski definition) is 4. The molecule has 1 heterocycles. The molecule has 0 bridgehead atoms. The topological polar surface area (TPSA) is 93.3 Å². The largest absolute Gasteiger partial charge is 0.478 e. The number of nitro benzene ring substituents is 1. The van der Waals surface area contributed by atoms with Gasteiger partial charge in [-0.05, 0) is 29.7 Å². The van der Waals surface area contributed by atoms with Gasteiger partial charge in [-0.1, -0.05) is 50.3 Å². The van der Waals surface area contributed by atoms with Crippen molar-refractivity contribution in [1.82, 2.24) is 4.98 Å². The van der Waals surface area contributed by atoms with Gasteiger partial charge in [0.25, 0.3) is 5.69 Å². The van der Waals surface area contributed by atoms with Gasteiger partial charge in [0.1, 0.15) is 0 Å². The van der Waals surface area contributed by atoms with Gasteiger partial charge in [0.2, 0.25) is 0 Å². The molecule has 0 amide bonds. The summed E-state index contributed by atoms with van der Waals surface area (Å²) in [6, 6.07) is 13.6. The van der Waals surface area contributed by atoms with E-state index < -0.39 is 5.97 Å². The van der Waals surface area contributed by atoms with E-state index >= 15 is 0 Å². The molecule has 0 saturated heterocycles. The monoisotopic (exact) mass is 362 g/mol. The zero-order chi connectivity index (χ0) is 19.6. The number of rotatable bonds is 5. The lowest BCUT2D eigenvalue weighted by Crippen LogP contribution is -2.00. The van der Waals surface area contributed by atoms with Gasteiger partial charge >= 0.3 is 5.97 Å². The highest BCUT2D eigenvalue weighted by molar-refractivity contribution is 6.03. The number of aromatic carboxylic acids is 1. The number of carbonyl (C=O) groups is 1. The zero-order valence-corrected chi connectivity index (χ0v) is 14.9. The Kier molecular flexibility index (Phi) is 4.98. The number of pyridine rings is 1. The maximum atomic E-state index is 11.5. The summed E-state index contributed by atoms with van der Waals surface area (Å²) in [7, 11) is 0. The average molecular weight is 362 g/mol. The molecule has 2 aromatic carbocycles. The van der Waals surface area contributed by atoms with Crippen molar-refractivity contribution in [1.29, 1.82) is 0 Å². The van der Waals surface area contributed by atoms with Crippen molar-refractivity contribution in [3.05, 3.63) is 81.0 Å². The van der Waals surface area contributed by atoms with Crippen molar-refractivity contribution in [2.75, 3.05) is 0 Å². The van der Waals surface area contributed by atoms with Crippen LogP contribution in [0.4, 0.5) is 5.69 Å². The van der Waals surface area contributed by atoms with Gasteiger partial charge in [-0.25, -0.2) is 9.78 Å². The minimum absolute atomic E-state index is 0.0451. The van der Waals surface area contributed by atoms with Crippen molar-refractivity contribution < 1.29 is 14.8 Å². The molecule has 0 saturated carbocycles. The summed E-state index contributed by atoms with van der Waals surface area (Å²) < 4.78 is 0. The second-order valence-electron chi connectivity index (χ2n) is 6.48. The van der Waals surface area contributed by atoms with Crippen LogP contribution >= 0.6 is 0 Å². The van der Waals surface area contributed by atoms with Crippen LogP contribution in [0.2, 0.25) is 0 Å². The summed E-state index contributed by atoms with van der Waals surface area (Å²) in [5.41, 5.74) is 2.62. The van der Waals surface area contributed by atoms with Crippen LogP contribution in [-0.2, 0) is 0 Å². The first kappa shape index (κ1) is 18.3.